The molecule has 3 aromatic rings. The van der Waals surface area contributed by atoms with Crippen molar-refractivity contribution in [3.8, 4) is 5.75 Å². The van der Waals surface area contributed by atoms with Crippen LogP contribution in [0.5, 0.6) is 5.75 Å². The van der Waals surface area contributed by atoms with Gasteiger partial charge in [0.2, 0.25) is 0 Å². The number of halogens is 1. The second-order valence-corrected chi connectivity index (χ2v) is 6.53. The van der Waals surface area contributed by atoms with Crippen LogP contribution in [0, 0.1) is 10.6 Å². The fourth-order valence-corrected chi connectivity index (χ4v) is 2.96. The van der Waals surface area contributed by atoms with Gasteiger partial charge in [0.25, 0.3) is 11.5 Å². The van der Waals surface area contributed by atoms with Crippen molar-refractivity contribution in [2.75, 3.05) is 7.11 Å². The Labute approximate surface area is 159 Å². The van der Waals surface area contributed by atoms with Crippen molar-refractivity contribution in [1.82, 2.24) is 14.9 Å². The predicted octanol–water partition coefficient (Wildman–Crippen LogP) is 3.23. The topological polar surface area (TPSA) is 76.1 Å². The Kier molecular flexibility index (Phi) is 5.09. The molecule has 2 N–H and O–H groups in total. The number of fused-ring (bicyclic) bond motifs is 1. The van der Waals surface area contributed by atoms with Crippen molar-refractivity contribution in [3.05, 3.63) is 68.5 Å². The van der Waals surface area contributed by atoms with Crippen LogP contribution in [-0.4, -0.2) is 22.6 Å². The number of ether oxygens (including phenoxy) is 1. The normalized spacial score (nSPS) is 12.0. The number of hydrogen-bond donors (Lipinski definition) is 2. The van der Waals surface area contributed by atoms with Crippen LogP contribution in [0.4, 0.5) is 4.39 Å². The number of carbonyl (C=O) groups excluding carboxylic acids is 1. The monoisotopic (exact) mass is 387 g/mol. The fourth-order valence-electron chi connectivity index (χ4n) is 2.76. The van der Waals surface area contributed by atoms with E-state index in [1.54, 1.807) is 38.2 Å². The summed E-state index contributed by atoms with van der Waals surface area (Å²) in [5, 5.41) is 3.25. The lowest BCUT2D eigenvalue weighted by Crippen LogP contribution is -2.27. The largest absolute Gasteiger partial charge is 0.494 e. The van der Waals surface area contributed by atoms with Crippen LogP contribution < -0.4 is 15.6 Å². The maximum absolute atomic E-state index is 13.9. The maximum Gasteiger partial charge on any atom is 0.261 e. The highest BCUT2D eigenvalue weighted by molar-refractivity contribution is 7.71. The summed E-state index contributed by atoms with van der Waals surface area (Å²) in [5.41, 5.74) is 1.22. The Morgan fingerprint density at radius 2 is 2.04 bits per heavy atom. The van der Waals surface area contributed by atoms with Crippen LogP contribution in [0.25, 0.3) is 10.9 Å². The average molecular weight is 387 g/mol. The molecule has 0 bridgehead atoms. The van der Waals surface area contributed by atoms with Crippen LogP contribution in [0.1, 0.15) is 28.9 Å². The summed E-state index contributed by atoms with van der Waals surface area (Å²) in [6.45, 7) is 1.75. The summed E-state index contributed by atoms with van der Waals surface area (Å²) in [6, 6.07) is 8.82. The first-order chi connectivity index (χ1) is 12.8. The van der Waals surface area contributed by atoms with E-state index < -0.39 is 11.9 Å². The van der Waals surface area contributed by atoms with E-state index in [1.165, 1.54) is 23.8 Å². The lowest BCUT2D eigenvalue weighted by Gasteiger charge is -2.15. The van der Waals surface area contributed by atoms with Crippen molar-refractivity contribution < 1.29 is 13.9 Å². The molecule has 0 unspecified atom stereocenters. The Morgan fingerprint density at radius 1 is 1.30 bits per heavy atom. The van der Waals surface area contributed by atoms with E-state index in [0.717, 1.165) is 0 Å². The molecular formula is C19H18FN3O3S. The Hall–Kier alpha value is -3.00. The van der Waals surface area contributed by atoms with Gasteiger partial charge in [0.05, 0.1) is 24.1 Å². The zero-order valence-electron chi connectivity index (χ0n) is 15.0. The summed E-state index contributed by atoms with van der Waals surface area (Å²) in [4.78, 5) is 27.7. The minimum atomic E-state index is -0.495. The smallest absolute Gasteiger partial charge is 0.261 e. The summed E-state index contributed by atoms with van der Waals surface area (Å²) in [5.74, 6) is -0.700. The number of H-pyrrole nitrogens is 1. The number of hydrogen-bond acceptors (Lipinski definition) is 4. The van der Waals surface area contributed by atoms with E-state index in [0.29, 0.717) is 22.0 Å². The fraction of sp³-hybridized carbons (Fsp3) is 0.211. The van der Waals surface area contributed by atoms with Crippen molar-refractivity contribution in [2.24, 2.45) is 7.05 Å². The first-order valence-corrected chi connectivity index (χ1v) is 8.60. The number of nitrogens with one attached hydrogen (secondary N) is 2. The predicted molar refractivity (Wildman–Crippen MR) is 103 cm³/mol. The van der Waals surface area contributed by atoms with Gasteiger partial charge in [-0.05, 0) is 55.0 Å². The van der Waals surface area contributed by atoms with Gasteiger partial charge in [-0.3, -0.25) is 14.2 Å². The molecule has 1 atom stereocenters. The van der Waals surface area contributed by atoms with Gasteiger partial charge in [0, 0.05) is 12.6 Å². The van der Waals surface area contributed by atoms with Crippen molar-refractivity contribution >= 4 is 29.0 Å². The number of amides is 1. The van der Waals surface area contributed by atoms with Gasteiger partial charge >= 0.3 is 0 Å². The quantitative estimate of drug-likeness (QED) is 0.674. The zero-order chi connectivity index (χ0) is 19.7. The molecule has 0 spiro atoms. The van der Waals surface area contributed by atoms with Crippen LogP contribution in [0.15, 0.2) is 41.2 Å². The van der Waals surface area contributed by atoms with E-state index in [-0.39, 0.29) is 22.0 Å². The van der Waals surface area contributed by atoms with E-state index in [2.05, 4.69) is 10.3 Å². The van der Waals surface area contributed by atoms with E-state index in [4.69, 9.17) is 17.0 Å². The molecule has 0 fully saturated rings. The van der Waals surface area contributed by atoms with Crippen LogP contribution in [-0.2, 0) is 7.05 Å². The van der Waals surface area contributed by atoms with Gasteiger partial charge in [0.15, 0.2) is 16.3 Å². The third-order valence-electron chi connectivity index (χ3n) is 4.39. The molecule has 0 saturated carbocycles. The molecule has 0 aliphatic rings. The Bertz CT molecular complexity index is 1150. The number of aromatic nitrogens is 2. The first-order valence-electron chi connectivity index (χ1n) is 8.19. The molecule has 6 nitrogen and oxygen atoms in total. The molecule has 1 aromatic heterocycles. The van der Waals surface area contributed by atoms with Gasteiger partial charge in [-0.1, -0.05) is 6.07 Å². The summed E-state index contributed by atoms with van der Waals surface area (Å²) in [6.07, 6.45) is 0. The average Bonchev–Trinajstić information content (AvgIpc) is 2.65. The molecule has 1 heterocycles. The van der Waals surface area contributed by atoms with Gasteiger partial charge < -0.3 is 15.0 Å². The van der Waals surface area contributed by atoms with Crippen LogP contribution in [0.2, 0.25) is 0 Å². The molecule has 3 rings (SSSR count). The summed E-state index contributed by atoms with van der Waals surface area (Å²) < 4.78 is 20.4. The number of nitrogens with zero attached hydrogens (tertiary/aromatic N) is 1. The van der Waals surface area contributed by atoms with Gasteiger partial charge in [-0.2, -0.15) is 0 Å². The lowest BCUT2D eigenvalue weighted by molar-refractivity contribution is 0.0940. The highest BCUT2D eigenvalue weighted by Gasteiger charge is 2.15. The van der Waals surface area contributed by atoms with Crippen LogP contribution >= 0.6 is 12.2 Å². The Morgan fingerprint density at radius 3 is 2.70 bits per heavy atom. The third kappa shape index (κ3) is 3.61. The second-order valence-electron chi connectivity index (χ2n) is 6.14. The first kappa shape index (κ1) is 18.8. The van der Waals surface area contributed by atoms with Crippen molar-refractivity contribution in [3.63, 3.8) is 0 Å². The van der Waals surface area contributed by atoms with Gasteiger partial charge in [0.1, 0.15) is 0 Å². The molecular weight excluding hydrogens is 369 g/mol. The number of carbonyl (C=O) groups is 1. The number of aromatic amines is 1. The molecule has 27 heavy (non-hydrogen) atoms. The number of methoxy groups -OCH3 is 1. The SMILES string of the molecule is COc1ccc([C@H](C)NC(=O)c2ccc3c(=O)n(C)c(=S)[nH]c3c2)cc1F. The van der Waals surface area contributed by atoms with Crippen LogP contribution in [0.3, 0.4) is 0 Å². The third-order valence-corrected chi connectivity index (χ3v) is 4.76. The Balaban J connectivity index is 1.87. The zero-order valence-corrected chi connectivity index (χ0v) is 15.8. The van der Waals surface area contributed by atoms with E-state index in [9.17, 15) is 14.0 Å². The highest BCUT2D eigenvalue weighted by atomic mass is 32.1. The molecule has 0 radical (unpaired) electrons. The molecule has 2 aromatic carbocycles. The molecule has 0 aliphatic carbocycles. The maximum atomic E-state index is 13.9. The molecule has 0 aliphatic heterocycles. The standard InChI is InChI=1S/C19H18FN3O3S/c1-10(11-5-7-16(26-3)14(20)8-11)21-17(24)12-4-6-13-15(9-12)22-19(27)23(2)18(13)25/h4-10H,1-3H3,(H,21,24)(H,22,27)/t10-/m0/s1. The molecule has 1 amide bonds. The minimum Gasteiger partial charge on any atom is -0.494 e. The number of rotatable bonds is 4. The molecule has 8 heteroatoms. The van der Waals surface area contributed by atoms with Crippen molar-refractivity contribution in [2.45, 2.75) is 13.0 Å². The van der Waals surface area contributed by atoms with Gasteiger partial charge in [-0.15, -0.1) is 0 Å². The molecule has 0 saturated heterocycles. The highest BCUT2D eigenvalue weighted by Crippen LogP contribution is 2.22. The lowest BCUT2D eigenvalue weighted by atomic mass is 10.1. The summed E-state index contributed by atoms with van der Waals surface area (Å²) >= 11 is 5.10. The van der Waals surface area contributed by atoms with E-state index >= 15 is 0 Å². The van der Waals surface area contributed by atoms with Gasteiger partial charge in [-0.25, -0.2) is 4.39 Å². The minimum absolute atomic E-state index is 0.142. The number of benzene rings is 2. The second kappa shape index (κ2) is 7.32. The van der Waals surface area contributed by atoms with E-state index in [1.807, 2.05) is 0 Å². The van der Waals surface area contributed by atoms with Crippen molar-refractivity contribution in [1.29, 1.82) is 0 Å². The molecule has 140 valence electrons. The summed E-state index contributed by atoms with van der Waals surface area (Å²) in [7, 11) is 2.97.